The molecular weight excluding hydrogens is 278 g/mol. The van der Waals surface area contributed by atoms with E-state index in [0.717, 1.165) is 12.8 Å². The largest absolute Gasteiger partial charge is 0.377 e. The minimum Gasteiger partial charge on any atom is -0.377 e. The van der Waals surface area contributed by atoms with Gasteiger partial charge in [0.15, 0.2) is 5.69 Å². The maximum Gasteiger partial charge on any atom is 0.246 e. The Morgan fingerprint density at radius 3 is 3.00 bits per heavy atom. The third-order valence-electron chi connectivity index (χ3n) is 3.28. The van der Waals surface area contributed by atoms with Gasteiger partial charge in [-0.1, -0.05) is 6.92 Å². The number of sulfonamides is 1. The van der Waals surface area contributed by atoms with E-state index in [4.69, 9.17) is 10.00 Å². The fourth-order valence-electron chi connectivity index (χ4n) is 2.23. The average Bonchev–Trinajstić information content (AvgIpc) is 2.97. The van der Waals surface area contributed by atoms with Crippen molar-refractivity contribution < 1.29 is 13.2 Å². The van der Waals surface area contributed by atoms with Crippen molar-refractivity contribution in [3.8, 4) is 6.07 Å². The van der Waals surface area contributed by atoms with Crippen LogP contribution in [0.15, 0.2) is 23.2 Å². The van der Waals surface area contributed by atoms with E-state index in [1.54, 1.807) is 6.92 Å². The van der Waals surface area contributed by atoms with Gasteiger partial charge < -0.3 is 4.74 Å². The van der Waals surface area contributed by atoms with Crippen LogP contribution in [-0.4, -0.2) is 43.5 Å². The van der Waals surface area contributed by atoms with Gasteiger partial charge in [0.2, 0.25) is 10.0 Å². The van der Waals surface area contributed by atoms with Crippen molar-refractivity contribution in [2.45, 2.75) is 30.8 Å². The summed E-state index contributed by atoms with van der Waals surface area (Å²) < 4.78 is 32.1. The Kier molecular flexibility index (Phi) is 4.70. The second-order valence-corrected chi connectivity index (χ2v) is 6.46. The first-order chi connectivity index (χ1) is 9.59. The van der Waals surface area contributed by atoms with Gasteiger partial charge in [-0.25, -0.2) is 13.4 Å². The van der Waals surface area contributed by atoms with E-state index in [1.807, 2.05) is 6.07 Å². The number of hydrogen-bond acceptors (Lipinski definition) is 5. The van der Waals surface area contributed by atoms with E-state index in [9.17, 15) is 8.42 Å². The molecule has 1 aromatic heterocycles. The first-order valence-electron chi connectivity index (χ1n) is 6.56. The number of aromatic nitrogens is 1. The Hall–Kier alpha value is -1.49. The molecule has 1 fully saturated rings. The lowest BCUT2D eigenvalue weighted by Gasteiger charge is -2.23. The van der Waals surface area contributed by atoms with Crippen LogP contribution in [-0.2, 0) is 14.8 Å². The summed E-state index contributed by atoms with van der Waals surface area (Å²) in [5, 5.41) is 9.00. The molecule has 0 N–H and O–H groups in total. The fraction of sp³-hybridized carbons (Fsp3) is 0.538. The van der Waals surface area contributed by atoms with Crippen molar-refractivity contribution in [3.05, 3.63) is 24.0 Å². The van der Waals surface area contributed by atoms with Crippen molar-refractivity contribution in [3.63, 3.8) is 0 Å². The van der Waals surface area contributed by atoms with Crippen molar-refractivity contribution in [2.24, 2.45) is 0 Å². The molecule has 108 valence electrons. The highest BCUT2D eigenvalue weighted by atomic mass is 32.2. The van der Waals surface area contributed by atoms with Gasteiger partial charge in [0.25, 0.3) is 0 Å². The maximum absolute atomic E-state index is 12.6. The first kappa shape index (κ1) is 14.9. The van der Waals surface area contributed by atoms with Crippen LogP contribution >= 0.6 is 0 Å². The Labute approximate surface area is 119 Å². The lowest BCUT2D eigenvalue weighted by atomic mass is 10.2. The van der Waals surface area contributed by atoms with Gasteiger partial charge in [0.1, 0.15) is 11.0 Å². The number of nitrogens with zero attached hydrogens (tertiary/aromatic N) is 3. The lowest BCUT2D eigenvalue weighted by molar-refractivity contribution is 0.0946. The fourth-order valence-corrected chi connectivity index (χ4v) is 3.81. The zero-order valence-corrected chi connectivity index (χ0v) is 12.1. The molecule has 0 amide bonds. The molecular formula is C13H17N3O3S. The summed E-state index contributed by atoms with van der Waals surface area (Å²) >= 11 is 0. The van der Waals surface area contributed by atoms with Gasteiger partial charge in [0.05, 0.1) is 6.10 Å². The van der Waals surface area contributed by atoms with E-state index in [2.05, 4.69) is 4.98 Å². The SMILES string of the molecule is CCN(CC1CCCO1)S(=O)(=O)c1cccnc1C#N. The summed E-state index contributed by atoms with van der Waals surface area (Å²) in [5.74, 6) is 0. The molecule has 1 atom stereocenters. The molecule has 20 heavy (non-hydrogen) atoms. The minimum absolute atomic E-state index is 0.0395. The molecule has 2 heterocycles. The van der Waals surface area contributed by atoms with Gasteiger partial charge in [-0.05, 0) is 25.0 Å². The van der Waals surface area contributed by atoms with Gasteiger partial charge in [-0.2, -0.15) is 9.57 Å². The molecule has 1 saturated heterocycles. The highest BCUT2D eigenvalue weighted by molar-refractivity contribution is 7.89. The van der Waals surface area contributed by atoms with Crippen LogP contribution in [0.4, 0.5) is 0 Å². The predicted octanol–water partition coefficient (Wildman–Crippen LogP) is 1.14. The third kappa shape index (κ3) is 2.98. The van der Waals surface area contributed by atoms with E-state index in [-0.39, 0.29) is 16.7 Å². The highest BCUT2D eigenvalue weighted by Gasteiger charge is 2.30. The minimum atomic E-state index is -3.71. The molecule has 7 heteroatoms. The van der Waals surface area contributed by atoms with Crippen LogP contribution in [0.1, 0.15) is 25.5 Å². The number of nitriles is 1. The average molecular weight is 295 g/mol. The van der Waals surface area contributed by atoms with Crippen LogP contribution in [0.5, 0.6) is 0 Å². The number of hydrogen-bond donors (Lipinski definition) is 0. The van der Waals surface area contributed by atoms with Crippen molar-refractivity contribution >= 4 is 10.0 Å². The number of likely N-dealkylation sites (N-methyl/N-ethyl adjacent to an activating group) is 1. The van der Waals surface area contributed by atoms with Gasteiger partial charge >= 0.3 is 0 Å². The summed E-state index contributed by atoms with van der Waals surface area (Å²) in [6.07, 6.45) is 3.17. The number of ether oxygens (including phenoxy) is 1. The third-order valence-corrected chi connectivity index (χ3v) is 5.25. The molecule has 0 aliphatic carbocycles. The molecule has 1 unspecified atom stereocenters. The zero-order valence-electron chi connectivity index (χ0n) is 11.3. The molecule has 1 aliphatic rings. The molecule has 0 radical (unpaired) electrons. The molecule has 2 rings (SSSR count). The topological polar surface area (TPSA) is 83.3 Å². The summed E-state index contributed by atoms with van der Waals surface area (Å²) in [4.78, 5) is 3.77. The number of pyridine rings is 1. The van der Waals surface area contributed by atoms with Gasteiger partial charge in [-0.3, -0.25) is 0 Å². The molecule has 1 aliphatic heterocycles. The second-order valence-electron chi connectivity index (χ2n) is 4.55. The standard InChI is InChI=1S/C13H17N3O3S/c1-2-16(10-11-5-4-8-19-11)20(17,18)13-6-3-7-15-12(13)9-14/h3,6-7,11H,2,4-5,8,10H2,1H3. The smallest absolute Gasteiger partial charge is 0.246 e. The Balaban J connectivity index is 2.29. The molecule has 0 spiro atoms. The molecule has 0 saturated carbocycles. The molecule has 1 aromatic rings. The molecule has 0 bridgehead atoms. The van der Waals surface area contributed by atoms with Crippen LogP contribution < -0.4 is 0 Å². The number of rotatable bonds is 5. The first-order valence-corrected chi connectivity index (χ1v) is 8.00. The normalized spacial score (nSPS) is 19.1. The van der Waals surface area contributed by atoms with Crippen LogP contribution in [0.3, 0.4) is 0 Å². The van der Waals surface area contributed by atoms with Crippen molar-refractivity contribution in [2.75, 3.05) is 19.7 Å². The summed E-state index contributed by atoms with van der Waals surface area (Å²) in [6, 6.07) is 4.76. The highest BCUT2D eigenvalue weighted by Crippen LogP contribution is 2.21. The predicted molar refractivity (Wildman–Crippen MR) is 72.4 cm³/mol. The van der Waals surface area contributed by atoms with Crippen LogP contribution in [0, 0.1) is 11.3 Å². The molecule has 0 aromatic carbocycles. The van der Waals surface area contributed by atoms with Crippen molar-refractivity contribution in [1.29, 1.82) is 5.26 Å². The Bertz CT molecular complexity index is 604. The summed E-state index contributed by atoms with van der Waals surface area (Å²) in [5.41, 5.74) is -0.0710. The Morgan fingerprint density at radius 1 is 1.60 bits per heavy atom. The van der Waals surface area contributed by atoms with E-state index >= 15 is 0 Å². The van der Waals surface area contributed by atoms with E-state index in [0.29, 0.717) is 19.7 Å². The van der Waals surface area contributed by atoms with Gasteiger partial charge in [-0.15, -0.1) is 0 Å². The van der Waals surface area contributed by atoms with Crippen LogP contribution in [0.2, 0.25) is 0 Å². The summed E-state index contributed by atoms with van der Waals surface area (Å²) in [7, 11) is -3.71. The van der Waals surface area contributed by atoms with Crippen LogP contribution in [0.25, 0.3) is 0 Å². The Morgan fingerprint density at radius 2 is 2.40 bits per heavy atom. The molecule has 6 nitrogen and oxygen atoms in total. The van der Waals surface area contributed by atoms with E-state index < -0.39 is 10.0 Å². The zero-order chi connectivity index (χ0) is 14.6. The second kappa shape index (κ2) is 6.31. The quantitative estimate of drug-likeness (QED) is 0.813. The van der Waals surface area contributed by atoms with Gasteiger partial charge in [0, 0.05) is 25.9 Å². The van der Waals surface area contributed by atoms with Crippen molar-refractivity contribution in [1.82, 2.24) is 9.29 Å². The summed E-state index contributed by atoms with van der Waals surface area (Å²) in [6.45, 7) is 3.11. The lowest BCUT2D eigenvalue weighted by Crippen LogP contribution is -2.37. The monoisotopic (exact) mass is 295 g/mol. The van der Waals surface area contributed by atoms with E-state index in [1.165, 1.54) is 22.6 Å². The maximum atomic E-state index is 12.6.